The van der Waals surface area contributed by atoms with E-state index in [1.165, 1.54) is 16.5 Å². The normalized spacial score (nSPS) is 13.3. The molecule has 0 bridgehead atoms. The average Bonchev–Trinajstić information content (AvgIpc) is 3.37. The summed E-state index contributed by atoms with van der Waals surface area (Å²) >= 11 is -0.278. The molecule has 6 rings (SSSR count). The van der Waals surface area contributed by atoms with Gasteiger partial charge in [-0.15, -0.1) is 17.7 Å². The molecule has 0 amide bonds. The first-order valence-electron chi connectivity index (χ1n) is 15.1. The van der Waals surface area contributed by atoms with Crippen molar-refractivity contribution in [3.05, 3.63) is 114 Å². The summed E-state index contributed by atoms with van der Waals surface area (Å²) in [6.07, 6.45) is 3.65. The van der Waals surface area contributed by atoms with Gasteiger partial charge in [0.2, 0.25) is 0 Å². The fourth-order valence-corrected chi connectivity index (χ4v) is 7.77. The minimum atomic E-state index is -2.08. The van der Waals surface area contributed by atoms with Gasteiger partial charge >= 0.3 is 110 Å². The number of rotatable bonds is 4. The molecule has 0 aliphatic rings. The molecule has 41 heavy (non-hydrogen) atoms. The number of hydrogen-bond acceptors (Lipinski definition) is 3. The summed E-state index contributed by atoms with van der Waals surface area (Å²) in [5.74, 6) is 6.01. The summed E-state index contributed by atoms with van der Waals surface area (Å²) in [5.41, 5.74) is 4.36. The first kappa shape index (κ1) is 26.0. The van der Waals surface area contributed by atoms with E-state index < -0.39 is 26.0 Å². The number of benzene rings is 3. The van der Waals surface area contributed by atoms with E-state index in [1.807, 2.05) is 62.5 Å². The van der Waals surface area contributed by atoms with Crippen molar-refractivity contribution in [3.8, 4) is 22.5 Å². The minimum absolute atomic E-state index is 0. The summed E-state index contributed by atoms with van der Waals surface area (Å²) in [6.45, 7) is 1.61. The Bertz CT molecular complexity index is 1870. The van der Waals surface area contributed by atoms with Crippen LogP contribution in [0, 0.1) is 24.8 Å². The Labute approximate surface area is 268 Å². The van der Waals surface area contributed by atoms with E-state index in [0.29, 0.717) is 10.9 Å². The molecule has 0 fully saturated rings. The Morgan fingerprint density at radius 2 is 1.76 bits per heavy atom. The molecule has 211 valence electrons. The fraction of sp³-hybridized carbons (Fsp3) is 0.200. The number of fused-ring (bicyclic) bond motifs is 3. The number of hydrogen-bond donors (Lipinski definition) is 0. The van der Waals surface area contributed by atoms with Crippen molar-refractivity contribution in [2.75, 3.05) is 0 Å². The van der Waals surface area contributed by atoms with Gasteiger partial charge in [-0.3, -0.25) is 4.39 Å². The van der Waals surface area contributed by atoms with Gasteiger partial charge in [0.05, 0.1) is 0 Å². The van der Waals surface area contributed by atoms with Crippen LogP contribution >= 0.6 is 11.3 Å². The van der Waals surface area contributed by atoms with Gasteiger partial charge in [-0.05, 0) is 39.2 Å². The zero-order chi connectivity index (χ0) is 31.9. The van der Waals surface area contributed by atoms with Crippen molar-refractivity contribution < 1.29 is 30.0 Å². The molecule has 0 atom stereocenters. The van der Waals surface area contributed by atoms with Gasteiger partial charge in [-0.25, -0.2) is 0 Å². The van der Waals surface area contributed by atoms with Gasteiger partial charge < -0.3 is 4.98 Å². The van der Waals surface area contributed by atoms with Gasteiger partial charge in [-0.1, -0.05) is 43.7 Å². The summed E-state index contributed by atoms with van der Waals surface area (Å²) < 4.78 is 48.0. The molecule has 3 aromatic carbocycles. The van der Waals surface area contributed by atoms with Crippen LogP contribution in [0.3, 0.4) is 0 Å². The van der Waals surface area contributed by atoms with E-state index in [-0.39, 0.29) is 25.9 Å². The Balaban J connectivity index is 0.000000204. The van der Waals surface area contributed by atoms with Crippen molar-refractivity contribution in [3.63, 3.8) is 0 Å². The molecule has 6 aromatic rings. The number of nitrogens with zero attached hydrogens (tertiary/aromatic N) is 2. The topological polar surface area (TPSA) is 25.8 Å². The smallest absolute Gasteiger partial charge is 0 e. The van der Waals surface area contributed by atoms with Gasteiger partial charge in [0.15, 0.2) is 0 Å². The summed E-state index contributed by atoms with van der Waals surface area (Å²) in [4.78, 5) is 8.92. The van der Waals surface area contributed by atoms with Crippen LogP contribution in [0.4, 0.5) is 4.39 Å². The van der Waals surface area contributed by atoms with Gasteiger partial charge in [0.1, 0.15) is 0 Å². The maximum atomic E-state index is 14.4. The molecule has 3 heterocycles. The first-order valence-corrected chi connectivity index (χ1v) is 21.3. The third kappa shape index (κ3) is 7.03. The quantitative estimate of drug-likeness (QED) is 0.131. The zero-order valence-electron chi connectivity index (χ0n) is 27.6. The second kappa shape index (κ2) is 13.1. The molecule has 0 unspecified atom stereocenters. The monoisotopic (exact) mass is 803 g/mol. The standard InChI is InChI=1S/C20H15FNS.C15H18GeN.Ir/c1-12(2)13-9-10-22-17(11-13)14-7-8-16(21)19-15-5-3-4-6-18(15)23-20(14)19;1-12-5-7-13(8-6-12)15-10-9-14(11-17-15)16(2,3)4;/h3-6,8-12H,1-2H3;5-7,9-11H,1-4H3;/q2*-1;/i12D;1D3;. The molecule has 0 N–H and O–H groups in total. The SMILES string of the molecule is [2H]C(C)(C)c1ccnc(-c2[c-]cc(F)c3c2sc2ccccc23)c1.[2H]C([2H])([2H])c1c[c-]c(-c2cc[c]([Ge]([CH3])([CH3])[CH3])cn2)cc1.[Ir]. The maximum Gasteiger partial charge on any atom is 0 e. The summed E-state index contributed by atoms with van der Waals surface area (Å²) in [5, 5.41) is 1.55. The van der Waals surface area contributed by atoms with E-state index in [1.54, 1.807) is 29.7 Å². The Kier molecular flexibility index (Phi) is 8.29. The van der Waals surface area contributed by atoms with Crippen molar-refractivity contribution in [1.29, 1.82) is 0 Å². The Hall–Kier alpha value is -2.70. The van der Waals surface area contributed by atoms with Crippen LogP contribution in [-0.2, 0) is 20.1 Å². The molecule has 2 nitrogen and oxygen atoms in total. The number of pyridine rings is 2. The van der Waals surface area contributed by atoms with Gasteiger partial charge in [0, 0.05) is 38.2 Å². The van der Waals surface area contributed by atoms with Crippen LogP contribution < -0.4 is 4.40 Å². The van der Waals surface area contributed by atoms with Crippen molar-refractivity contribution in [1.82, 2.24) is 9.97 Å². The molecule has 1 radical (unpaired) electrons. The molecule has 0 aliphatic carbocycles. The van der Waals surface area contributed by atoms with E-state index in [4.69, 9.17) is 5.48 Å². The van der Waals surface area contributed by atoms with Crippen LogP contribution in [0.2, 0.25) is 17.3 Å². The number of thiophene rings is 1. The maximum absolute atomic E-state index is 14.4. The zero-order valence-corrected chi connectivity index (χ0v) is 28.9. The van der Waals surface area contributed by atoms with Crippen molar-refractivity contribution in [2.45, 2.75) is 43.9 Å². The van der Waals surface area contributed by atoms with Crippen LogP contribution in [0.15, 0.2) is 85.2 Å². The third-order valence-corrected chi connectivity index (χ3v) is 12.2. The van der Waals surface area contributed by atoms with Gasteiger partial charge in [-0.2, -0.15) is 11.3 Å². The second-order valence-corrected chi connectivity index (χ2v) is 22.6. The molecular formula is C35H33FGeIrN2S-2. The molecule has 0 saturated heterocycles. The van der Waals surface area contributed by atoms with Crippen molar-refractivity contribution >= 4 is 49.2 Å². The van der Waals surface area contributed by atoms with Gasteiger partial charge in [0.25, 0.3) is 0 Å². The van der Waals surface area contributed by atoms with E-state index in [9.17, 15) is 4.39 Å². The molecule has 3 aromatic heterocycles. The Morgan fingerprint density at radius 1 is 0.951 bits per heavy atom. The van der Waals surface area contributed by atoms with Crippen LogP contribution in [0.1, 0.15) is 36.4 Å². The van der Waals surface area contributed by atoms with E-state index >= 15 is 0 Å². The molecule has 0 spiro atoms. The number of aryl methyl sites for hydroxylation is 1. The fourth-order valence-electron chi connectivity index (χ4n) is 4.38. The molecular weight excluding hydrogens is 764 g/mol. The number of aromatic nitrogens is 2. The molecule has 0 aliphatic heterocycles. The Morgan fingerprint density at radius 3 is 2.41 bits per heavy atom. The van der Waals surface area contributed by atoms with E-state index in [2.05, 4.69) is 45.4 Å². The molecule has 0 saturated carbocycles. The minimum Gasteiger partial charge on any atom is 0 e. The van der Waals surface area contributed by atoms with Crippen molar-refractivity contribution in [2.24, 2.45) is 0 Å². The predicted octanol–water partition coefficient (Wildman–Crippen LogP) is 9.58. The second-order valence-electron chi connectivity index (χ2n) is 10.9. The molecule has 6 heteroatoms. The van der Waals surface area contributed by atoms with Crippen LogP contribution in [-0.4, -0.2) is 23.2 Å². The third-order valence-electron chi connectivity index (χ3n) is 6.72. The average molecular weight is 802 g/mol. The van der Waals surface area contributed by atoms with Crippen LogP contribution in [0.5, 0.6) is 0 Å². The largest absolute Gasteiger partial charge is 0 e. The number of halogens is 1. The first-order chi connectivity index (χ1) is 20.6. The predicted molar refractivity (Wildman–Crippen MR) is 172 cm³/mol. The summed E-state index contributed by atoms with van der Waals surface area (Å²) in [6, 6.07) is 28.1. The van der Waals surface area contributed by atoms with E-state index in [0.717, 1.165) is 42.9 Å². The summed E-state index contributed by atoms with van der Waals surface area (Å²) in [7, 11) is 0. The van der Waals surface area contributed by atoms with Crippen LogP contribution in [0.25, 0.3) is 42.7 Å².